The smallest absolute Gasteiger partial charge is 0.237 e. The van der Waals surface area contributed by atoms with E-state index in [4.69, 9.17) is 15.2 Å². The molecule has 0 bridgehead atoms. The first-order valence-electron chi connectivity index (χ1n) is 7.38. The van der Waals surface area contributed by atoms with Crippen LogP contribution in [0.3, 0.4) is 0 Å². The van der Waals surface area contributed by atoms with E-state index in [0.29, 0.717) is 22.9 Å². The Morgan fingerprint density at radius 2 is 1.96 bits per heavy atom. The molecule has 2 aromatic carbocycles. The number of thioether (sulfide) groups is 1. The van der Waals surface area contributed by atoms with E-state index in [0.717, 1.165) is 11.3 Å². The number of nitrogens with two attached hydrogens (primary N) is 1. The summed E-state index contributed by atoms with van der Waals surface area (Å²) in [4.78, 5) is 13.5. The number of carbonyl (C=O) groups excluding carboxylic acids is 1. The molecule has 23 heavy (non-hydrogen) atoms. The fourth-order valence-corrected chi connectivity index (χ4v) is 3.18. The molecule has 0 radical (unpaired) electrons. The van der Waals surface area contributed by atoms with Crippen molar-refractivity contribution in [1.29, 1.82) is 0 Å². The van der Waals surface area contributed by atoms with Crippen LogP contribution in [0.15, 0.2) is 47.4 Å². The van der Waals surface area contributed by atoms with E-state index in [1.165, 1.54) is 11.8 Å². The van der Waals surface area contributed by atoms with E-state index in [-0.39, 0.29) is 18.0 Å². The quantitative estimate of drug-likeness (QED) is 0.648. The number of anilines is 2. The number of hydrogen-bond acceptors (Lipinski definition) is 5. The average Bonchev–Trinajstić information content (AvgIpc) is 3.02. The molecule has 1 unspecified atom stereocenters. The van der Waals surface area contributed by atoms with Gasteiger partial charge in [-0.15, -0.1) is 11.8 Å². The second-order valence-corrected chi connectivity index (χ2v) is 6.42. The van der Waals surface area contributed by atoms with Gasteiger partial charge in [0.2, 0.25) is 12.7 Å². The molecule has 3 N–H and O–H groups in total. The highest BCUT2D eigenvalue weighted by molar-refractivity contribution is 8.00. The molecule has 0 saturated carbocycles. The van der Waals surface area contributed by atoms with Gasteiger partial charge in [-0.1, -0.05) is 6.92 Å². The third-order valence-electron chi connectivity index (χ3n) is 3.46. The van der Waals surface area contributed by atoms with E-state index in [9.17, 15) is 4.79 Å². The van der Waals surface area contributed by atoms with Crippen LogP contribution in [0.1, 0.15) is 13.3 Å². The zero-order chi connectivity index (χ0) is 16.2. The second kappa shape index (κ2) is 6.83. The van der Waals surface area contributed by atoms with Crippen LogP contribution in [0.2, 0.25) is 0 Å². The zero-order valence-corrected chi connectivity index (χ0v) is 13.6. The summed E-state index contributed by atoms with van der Waals surface area (Å²) in [5, 5.41) is 2.76. The van der Waals surface area contributed by atoms with Gasteiger partial charge in [0.05, 0.1) is 5.25 Å². The third-order valence-corrected chi connectivity index (χ3v) is 4.84. The van der Waals surface area contributed by atoms with Gasteiger partial charge in [-0.05, 0) is 42.8 Å². The van der Waals surface area contributed by atoms with Crippen LogP contribution in [-0.4, -0.2) is 18.0 Å². The molecule has 1 atom stereocenters. The lowest BCUT2D eigenvalue weighted by atomic mass is 10.2. The van der Waals surface area contributed by atoms with Crippen LogP contribution in [0.25, 0.3) is 0 Å². The maximum Gasteiger partial charge on any atom is 0.237 e. The Kier molecular flexibility index (Phi) is 4.62. The Morgan fingerprint density at radius 1 is 1.22 bits per heavy atom. The van der Waals surface area contributed by atoms with Gasteiger partial charge < -0.3 is 20.5 Å². The van der Waals surface area contributed by atoms with Gasteiger partial charge in [0.15, 0.2) is 11.5 Å². The third kappa shape index (κ3) is 3.71. The monoisotopic (exact) mass is 330 g/mol. The van der Waals surface area contributed by atoms with Crippen molar-refractivity contribution in [2.45, 2.75) is 23.5 Å². The molecule has 120 valence electrons. The molecule has 1 aliphatic rings. The topological polar surface area (TPSA) is 73.6 Å². The molecule has 0 saturated heterocycles. The van der Waals surface area contributed by atoms with Gasteiger partial charge in [-0.25, -0.2) is 0 Å². The normalized spacial score (nSPS) is 13.6. The lowest BCUT2D eigenvalue weighted by molar-refractivity contribution is -0.115. The molecule has 0 spiro atoms. The van der Waals surface area contributed by atoms with Crippen LogP contribution in [-0.2, 0) is 4.79 Å². The molecule has 0 fully saturated rings. The molecule has 6 heteroatoms. The van der Waals surface area contributed by atoms with Crippen LogP contribution in [0.5, 0.6) is 11.5 Å². The van der Waals surface area contributed by atoms with Crippen molar-refractivity contribution in [3.63, 3.8) is 0 Å². The van der Waals surface area contributed by atoms with Gasteiger partial charge in [0.1, 0.15) is 0 Å². The summed E-state index contributed by atoms with van der Waals surface area (Å²) in [5.74, 6) is 1.32. The number of amides is 1. The highest BCUT2D eigenvalue weighted by Crippen LogP contribution is 2.34. The molecular formula is C17H18N2O3S. The molecule has 1 heterocycles. The number of ether oxygens (including phenoxy) is 2. The fraction of sp³-hybridized carbons (Fsp3) is 0.235. The number of carbonyl (C=O) groups is 1. The molecule has 0 aromatic heterocycles. The van der Waals surface area contributed by atoms with Crippen molar-refractivity contribution in [2.24, 2.45) is 0 Å². The summed E-state index contributed by atoms with van der Waals surface area (Å²) in [7, 11) is 0. The van der Waals surface area contributed by atoms with Gasteiger partial charge in [0, 0.05) is 22.3 Å². The minimum Gasteiger partial charge on any atom is -0.454 e. The number of hydrogen-bond donors (Lipinski definition) is 2. The van der Waals surface area contributed by atoms with Gasteiger partial charge >= 0.3 is 0 Å². The van der Waals surface area contributed by atoms with Crippen molar-refractivity contribution in [2.75, 3.05) is 17.8 Å². The van der Waals surface area contributed by atoms with Gasteiger partial charge in [0.25, 0.3) is 0 Å². The van der Waals surface area contributed by atoms with Crippen LogP contribution in [0, 0.1) is 0 Å². The van der Waals surface area contributed by atoms with Gasteiger partial charge in [-0.3, -0.25) is 4.79 Å². The standard InChI is InChI=1S/C17H18N2O3S/c1-2-16(23-13-6-3-11(18)4-7-13)17(20)19-12-5-8-14-15(9-12)22-10-21-14/h3-9,16H,2,10,18H2,1H3,(H,19,20). The maximum absolute atomic E-state index is 12.5. The molecular weight excluding hydrogens is 312 g/mol. The van der Waals surface area contributed by atoms with E-state index in [1.807, 2.05) is 37.3 Å². The van der Waals surface area contributed by atoms with Crippen molar-refractivity contribution in [1.82, 2.24) is 0 Å². The number of benzene rings is 2. The van der Waals surface area contributed by atoms with E-state index < -0.39 is 0 Å². The first-order chi connectivity index (χ1) is 11.2. The fourth-order valence-electron chi connectivity index (χ4n) is 2.23. The lowest BCUT2D eigenvalue weighted by Crippen LogP contribution is -2.24. The highest BCUT2D eigenvalue weighted by Gasteiger charge is 2.19. The number of fused-ring (bicyclic) bond motifs is 1. The van der Waals surface area contributed by atoms with E-state index in [2.05, 4.69) is 5.32 Å². The summed E-state index contributed by atoms with van der Waals surface area (Å²) in [6, 6.07) is 12.9. The Bertz CT molecular complexity index is 703. The average molecular weight is 330 g/mol. The minimum atomic E-state index is -0.177. The molecule has 0 aliphatic carbocycles. The Morgan fingerprint density at radius 3 is 2.70 bits per heavy atom. The summed E-state index contributed by atoms with van der Waals surface area (Å²) in [6.45, 7) is 2.21. The van der Waals surface area contributed by atoms with Crippen LogP contribution < -0.4 is 20.5 Å². The second-order valence-electron chi connectivity index (χ2n) is 5.14. The largest absolute Gasteiger partial charge is 0.454 e. The highest BCUT2D eigenvalue weighted by atomic mass is 32.2. The summed E-state index contributed by atoms with van der Waals surface area (Å²) in [5.41, 5.74) is 7.11. The predicted molar refractivity (Wildman–Crippen MR) is 92.0 cm³/mol. The molecule has 1 amide bonds. The SMILES string of the molecule is CCC(Sc1ccc(N)cc1)C(=O)Nc1ccc2c(c1)OCO2. The predicted octanol–water partition coefficient (Wildman–Crippen LogP) is 3.51. The molecule has 1 aliphatic heterocycles. The number of nitrogen functional groups attached to an aromatic ring is 1. The Balaban J connectivity index is 1.66. The summed E-state index contributed by atoms with van der Waals surface area (Å²) in [6.07, 6.45) is 0.728. The minimum absolute atomic E-state index is 0.0341. The van der Waals surface area contributed by atoms with Crippen LogP contribution >= 0.6 is 11.8 Å². The first-order valence-corrected chi connectivity index (χ1v) is 8.26. The summed E-state index contributed by atoms with van der Waals surface area (Å²) < 4.78 is 10.6. The van der Waals surface area contributed by atoms with Crippen LogP contribution in [0.4, 0.5) is 11.4 Å². The van der Waals surface area contributed by atoms with E-state index in [1.54, 1.807) is 12.1 Å². The first kappa shape index (κ1) is 15.6. The number of nitrogens with one attached hydrogen (secondary N) is 1. The van der Waals surface area contributed by atoms with Crippen molar-refractivity contribution in [3.05, 3.63) is 42.5 Å². The lowest BCUT2D eigenvalue weighted by Gasteiger charge is -2.15. The maximum atomic E-state index is 12.5. The molecule has 5 nitrogen and oxygen atoms in total. The van der Waals surface area contributed by atoms with Gasteiger partial charge in [-0.2, -0.15) is 0 Å². The van der Waals surface area contributed by atoms with Crippen molar-refractivity contribution < 1.29 is 14.3 Å². The Labute approximate surface area is 139 Å². The number of rotatable bonds is 5. The summed E-state index contributed by atoms with van der Waals surface area (Å²) >= 11 is 1.53. The Hall–Kier alpha value is -2.34. The zero-order valence-electron chi connectivity index (χ0n) is 12.7. The van der Waals surface area contributed by atoms with Crippen molar-refractivity contribution in [3.8, 4) is 11.5 Å². The molecule has 2 aromatic rings. The van der Waals surface area contributed by atoms with Crippen molar-refractivity contribution >= 4 is 29.0 Å². The molecule has 3 rings (SSSR count). The van der Waals surface area contributed by atoms with E-state index >= 15 is 0 Å².